The first-order valence-corrected chi connectivity index (χ1v) is 6.99. The minimum absolute atomic E-state index is 0.0158. The molecule has 1 aromatic heterocycles. The molecule has 20 heavy (non-hydrogen) atoms. The Bertz CT molecular complexity index is 608. The van der Waals surface area contributed by atoms with Crippen LogP contribution in [-0.4, -0.2) is 21.5 Å². The van der Waals surface area contributed by atoms with Crippen LogP contribution in [0.1, 0.15) is 29.8 Å². The normalized spacial score (nSPS) is 12.7. The third-order valence-corrected chi connectivity index (χ3v) is 3.68. The van der Waals surface area contributed by atoms with Crippen molar-refractivity contribution in [3.05, 3.63) is 45.2 Å². The van der Waals surface area contributed by atoms with Crippen molar-refractivity contribution in [3.63, 3.8) is 0 Å². The summed E-state index contributed by atoms with van der Waals surface area (Å²) in [6, 6.07) is 2.04. The standard InChI is InChI=1S/C13H15BrF2N4/c1-4-17-11(12-13(14)18-19-20(12)3)9-8(15)6-5-7(2)10(9)16/h5-6,11,17H,4H2,1-3H3. The van der Waals surface area contributed by atoms with Crippen molar-refractivity contribution in [1.82, 2.24) is 20.3 Å². The molecule has 0 saturated carbocycles. The lowest BCUT2D eigenvalue weighted by Gasteiger charge is -2.20. The molecule has 0 saturated heterocycles. The Morgan fingerprint density at radius 2 is 2.10 bits per heavy atom. The van der Waals surface area contributed by atoms with E-state index in [0.29, 0.717) is 22.4 Å². The number of nitrogens with zero attached hydrogens (tertiary/aromatic N) is 3. The van der Waals surface area contributed by atoms with Crippen LogP contribution in [0.3, 0.4) is 0 Å². The van der Waals surface area contributed by atoms with Gasteiger partial charge in [0.25, 0.3) is 0 Å². The molecule has 1 atom stereocenters. The van der Waals surface area contributed by atoms with Crippen molar-refractivity contribution in [1.29, 1.82) is 0 Å². The van der Waals surface area contributed by atoms with E-state index in [9.17, 15) is 8.78 Å². The monoisotopic (exact) mass is 344 g/mol. The van der Waals surface area contributed by atoms with Crippen LogP contribution in [0.25, 0.3) is 0 Å². The molecule has 7 heteroatoms. The van der Waals surface area contributed by atoms with E-state index in [1.807, 2.05) is 6.92 Å². The highest BCUT2D eigenvalue weighted by Gasteiger charge is 2.27. The number of aromatic nitrogens is 3. The van der Waals surface area contributed by atoms with Crippen LogP contribution in [0, 0.1) is 18.6 Å². The van der Waals surface area contributed by atoms with Gasteiger partial charge in [0, 0.05) is 12.6 Å². The number of rotatable bonds is 4. The number of halogens is 3. The minimum Gasteiger partial charge on any atom is -0.305 e. The Labute approximate surface area is 124 Å². The molecule has 0 aliphatic carbocycles. The fourth-order valence-corrected chi connectivity index (χ4v) is 2.68. The van der Waals surface area contributed by atoms with E-state index in [4.69, 9.17) is 0 Å². The van der Waals surface area contributed by atoms with Gasteiger partial charge in [-0.1, -0.05) is 18.2 Å². The van der Waals surface area contributed by atoms with Gasteiger partial charge in [0.15, 0.2) is 4.60 Å². The Balaban J connectivity index is 2.64. The second-order valence-corrected chi connectivity index (χ2v) is 5.22. The fraction of sp³-hybridized carbons (Fsp3) is 0.385. The van der Waals surface area contributed by atoms with Crippen molar-refractivity contribution in [2.75, 3.05) is 6.54 Å². The summed E-state index contributed by atoms with van der Waals surface area (Å²) in [5, 5.41) is 10.8. The van der Waals surface area contributed by atoms with Gasteiger partial charge < -0.3 is 5.32 Å². The maximum absolute atomic E-state index is 14.3. The molecule has 0 radical (unpaired) electrons. The van der Waals surface area contributed by atoms with Crippen LogP contribution in [0.4, 0.5) is 8.78 Å². The maximum atomic E-state index is 14.3. The van der Waals surface area contributed by atoms with Crippen LogP contribution in [0.15, 0.2) is 16.7 Å². The van der Waals surface area contributed by atoms with Crippen molar-refractivity contribution in [2.45, 2.75) is 19.9 Å². The van der Waals surface area contributed by atoms with E-state index >= 15 is 0 Å². The molecule has 0 aliphatic rings. The molecular weight excluding hydrogens is 330 g/mol. The van der Waals surface area contributed by atoms with Gasteiger partial charge in [-0.05, 0) is 41.0 Å². The van der Waals surface area contributed by atoms with Crippen LogP contribution >= 0.6 is 15.9 Å². The summed E-state index contributed by atoms with van der Waals surface area (Å²) >= 11 is 3.27. The first-order chi connectivity index (χ1) is 9.47. The highest BCUT2D eigenvalue weighted by molar-refractivity contribution is 9.10. The van der Waals surface area contributed by atoms with Crippen molar-refractivity contribution in [2.24, 2.45) is 7.05 Å². The van der Waals surface area contributed by atoms with Gasteiger partial charge in [-0.3, -0.25) is 0 Å². The molecule has 1 aromatic carbocycles. The molecule has 0 amide bonds. The summed E-state index contributed by atoms with van der Waals surface area (Å²) in [6.07, 6.45) is 0. The quantitative estimate of drug-likeness (QED) is 0.927. The molecule has 0 bridgehead atoms. The SMILES string of the molecule is CCNC(c1c(F)ccc(C)c1F)c1c(Br)nnn1C. The third-order valence-electron chi connectivity index (χ3n) is 3.12. The lowest BCUT2D eigenvalue weighted by molar-refractivity contribution is 0.488. The highest BCUT2D eigenvalue weighted by atomic mass is 79.9. The number of benzene rings is 1. The molecule has 0 spiro atoms. The average molecular weight is 345 g/mol. The molecule has 108 valence electrons. The molecule has 2 aromatic rings. The summed E-state index contributed by atoms with van der Waals surface area (Å²) in [4.78, 5) is 0. The second-order valence-electron chi connectivity index (χ2n) is 4.47. The Kier molecular flexibility index (Phi) is 4.49. The van der Waals surface area contributed by atoms with E-state index in [1.54, 1.807) is 14.0 Å². The molecule has 0 fully saturated rings. The second kappa shape index (κ2) is 5.97. The first-order valence-electron chi connectivity index (χ1n) is 6.20. The summed E-state index contributed by atoms with van der Waals surface area (Å²) in [6.45, 7) is 4.03. The number of nitrogens with one attached hydrogen (secondary N) is 1. The predicted molar refractivity (Wildman–Crippen MR) is 75.3 cm³/mol. The lowest BCUT2D eigenvalue weighted by Crippen LogP contribution is -2.27. The zero-order valence-corrected chi connectivity index (χ0v) is 13.0. The maximum Gasteiger partial charge on any atom is 0.153 e. The smallest absolute Gasteiger partial charge is 0.153 e. The van der Waals surface area contributed by atoms with Gasteiger partial charge in [-0.25, -0.2) is 13.5 Å². The van der Waals surface area contributed by atoms with Crippen LogP contribution in [0.2, 0.25) is 0 Å². The molecule has 1 unspecified atom stereocenters. The van der Waals surface area contributed by atoms with Crippen molar-refractivity contribution in [3.8, 4) is 0 Å². The van der Waals surface area contributed by atoms with Crippen LogP contribution in [-0.2, 0) is 7.05 Å². The van der Waals surface area contributed by atoms with Crippen molar-refractivity contribution >= 4 is 15.9 Å². The molecule has 4 nitrogen and oxygen atoms in total. The topological polar surface area (TPSA) is 42.7 Å². The highest BCUT2D eigenvalue weighted by Crippen LogP contribution is 2.31. The zero-order chi connectivity index (χ0) is 14.9. The van der Waals surface area contributed by atoms with Gasteiger partial charge in [-0.2, -0.15) is 0 Å². The molecule has 0 aliphatic heterocycles. The summed E-state index contributed by atoms with van der Waals surface area (Å²) < 4.78 is 30.4. The van der Waals surface area contributed by atoms with Gasteiger partial charge in [-0.15, -0.1) is 5.10 Å². The first kappa shape index (κ1) is 15.1. The van der Waals surface area contributed by atoms with Gasteiger partial charge in [0.1, 0.15) is 11.6 Å². The number of hydrogen-bond donors (Lipinski definition) is 1. The Hall–Kier alpha value is -1.34. The van der Waals surface area contributed by atoms with E-state index in [-0.39, 0.29) is 5.56 Å². The molecule has 2 rings (SSSR count). The fourth-order valence-electron chi connectivity index (χ4n) is 2.13. The lowest BCUT2D eigenvalue weighted by atomic mass is 10.00. The number of hydrogen-bond acceptors (Lipinski definition) is 3. The summed E-state index contributed by atoms with van der Waals surface area (Å²) in [5.41, 5.74) is 0.962. The number of aryl methyl sites for hydroxylation is 2. The average Bonchev–Trinajstić information content (AvgIpc) is 2.73. The van der Waals surface area contributed by atoms with Crippen LogP contribution in [0.5, 0.6) is 0 Å². The molecular formula is C13H15BrF2N4. The predicted octanol–water partition coefficient (Wildman–Crippen LogP) is 2.86. The van der Waals surface area contributed by atoms with Crippen molar-refractivity contribution < 1.29 is 8.78 Å². The van der Waals surface area contributed by atoms with Gasteiger partial charge in [0.2, 0.25) is 0 Å². The summed E-state index contributed by atoms with van der Waals surface area (Å²) in [7, 11) is 1.68. The van der Waals surface area contributed by atoms with Crippen LogP contribution < -0.4 is 5.32 Å². The van der Waals surface area contributed by atoms with E-state index < -0.39 is 17.7 Å². The van der Waals surface area contributed by atoms with E-state index in [0.717, 1.165) is 0 Å². The molecule has 1 N–H and O–H groups in total. The largest absolute Gasteiger partial charge is 0.305 e. The Morgan fingerprint density at radius 3 is 2.65 bits per heavy atom. The van der Waals surface area contributed by atoms with E-state index in [2.05, 4.69) is 31.6 Å². The minimum atomic E-state index is -0.658. The van der Waals surface area contributed by atoms with E-state index in [1.165, 1.54) is 16.8 Å². The Morgan fingerprint density at radius 1 is 1.40 bits per heavy atom. The third kappa shape index (κ3) is 2.60. The zero-order valence-electron chi connectivity index (χ0n) is 11.4. The van der Waals surface area contributed by atoms with Gasteiger partial charge in [0.05, 0.1) is 11.7 Å². The van der Waals surface area contributed by atoms with Gasteiger partial charge >= 0.3 is 0 Å². The summed E-state index contributed by atoms with van der Waals surface area (Å²) in [5.74, 6) is -1.14. The molecule has 1 heterocycles.